The van der Waals surface area contributed by atoms with Gasteiger partial charge in [-0.05, 0) is 18.6 Å². The van der Waals surface area contributed by atoms with Crippen molar-refractivity contribution in [1.29, 1.82) is 0 Å². The maximum absolute atomic E-state index is 11.0. The van der Waals surface area contributed by atoms with Crippen molar-refractivity contribution in [3.63, 3.8) is 0 Å². The number of nitrogens with zero attached hydrogens (tertiary/aromatic N) is 1. The highest BCUT2D eigenvalue weighted by Crippen LogP contribution is 1.96. The molecule has 0 radical (unpaired) electrons. The number of benzene rings is 1. The Morgan fingerprint density at radius 2 is 2.06 bits per heavy atom. The fourth-order valence-electron chi connectivity index (χ4n) is 1.29. The summed E-state index contributed by atoms with van der Waals surface area (Å²) in [7, 11) is 0. The van der Waals surface area contributed by atoms with E-state index in [0.717, 1.165) is 12.0 Å². The second kappa shape index (κ2) is 8.65. The smallest absolute Gasteiger partial charge is 0.0721 e. The highest BCUT2D eigenvalue weighted by atomic mass is 32.2. The molecule has 1 atom stereocenters. The van der Waals surface area contributed by atoms with Crippen molar-refractivity contribution in [3.8, 4) is 11.8 Å². The summed E-state index contributed by atoms with van der Waals surface area (Å²) < 4.78 is 23.2. The van der Waals surface area contributed by atoms with Crippen LogP contribution in [0.1, 0.15) is 18.9 Å². The SMILES string of the molecule is CCC=CCN(CC#Cc1ccccc1)S(=O)[O-]. The van der Waals surface area contributed by atoms with E-state index in [1.807, 2.05) is 49.4 Å². The van der Waals surface area contributed by atoms with Crippen LogP contribution < -0.4 is 0 Å². The number of hydrogen-bond acceptors (Lipinski definition) is 2. The Morgan fingerprint density at radius 1 is 1.33 bits per heavy atom. The van der Waals surface area contributed by atoms with E-state index in [2.05, 4.69) is 11.8 Å². The van der Waals surface area contributed by atoms with Crippen LogP contribution in [-0.2, 0) is 11.3 Å². The third kappa shape index (κ3) is 5.78. The molecule has 1 aromatic carbocycles. The van der Waals surface area contributed by atoms with E-state index in [4.69, 9.17) is 0 Å². The molecule has 4 heteroatoms. The average molecular weight is 262 g/mol. The molecule has 0 spiro atoms. The van der Waals surface area contributed by atoms with Crippen molar-refractivity contribution in [2.24, 2.45) is 0 Å². The zero-order valence-corrected chi connectivity index (χ0v) is 11.2. The normalized spacial score (nSPS) is 12.4. The quantitative estimate of drug-likeness (QED) is 0.463. The third-order valence-electron chi connectivity index (χ3n) is 2.18. The van der Waals surface area contributed by atoms with Gasteiger partial charge in [-0.2, -0.15) is 0 Å². The Kier molecular flexibility index (Phi) is 7.04. The van der Waals surface area contributed by atoms with Gasteiger partial charge >= 0.3 is 0 Å². The molecule has 3 nitrogen and oxygen atoms in total. The molecule has 0 saturated heterocycles. The first-order chi connectivity index (χ1) is 8.74. The molecule has 0 heterocycles. The molecule has 0 aliphatic heterocycles. The topological polar surface area (TPSA) is 43.4 Å². The molecule has 1 aromatic rings. The molecule has 0 bridgehead atoms. The molecule has 96 valence electrons. The largest absolute Gasteiger partial charge is 0.760 e. The third-order valence-corrected chi connectivity index (χ3v) is 2.88. The second-order valence-corrected chi connectivity index (χ2v) is 4.54. The van der Waals surface area contributed by atoms with Gasteiger partial charge in [-0.15, -0.1) is 0 Å². The van der Waals surface area contributed by atoms with Gasteiger partial charge in [0.1, 0.15) is 0 Å². The summed E-state index contributed by atoms with van der Waals surface area (Å²) in [6, 6.07) is 9.50. The first kappa shape index (κ1) is 14.7. The van der Waals surface area contributed by atoms with Gasteiger partial charge in [0.2, 0.25) is 0 Å². The fourth-order valence-corrected chi connectivity index (χ4v) is 1.67. The summed E-state index contributed by atoms with van der Waals surface area (Å²) >= 11 is -2.24. The summed E-state index contributed by atoms with van der Waals surface area (Å²) in [5.74, 6) is 5.79. The van der Waals surface area contributed by atoms with E-state index in [-0.39, 0.29) is 6.54 Å². The Hall–Kier alpha value is -1.41. The molecule has 0 amide bonds. The number of hydrogen-bond donors (Lipinski definition) is 0. The van der Waals surface area contributed by atoms with Gasteiger partial charge < -0.3 is 4.55 Å². The molecule has 0 aliphatic carbocycles. The minimum atomic E-state index is -2.24. The van der Waals surface area contributed by atoms with Gasteiger partial charge in [0, 0.05) is 23.4 Å². The molecule has 0 saturated carbocycles. The lowest BCUT2D eigenvalue weighted by atomic mass is 10.2. The summed E-state index contributed by atoms with van der Waals surface area (Å²) in [6.45, 7) is 2.58. The van der Waals surface area contributed by atoms with E-state index in [9.17, 15) is 8.76 Å². The predicted octanol–water partition coefficient (Wildman–Crippen LogP) is 2.10. The first-order valence-electron chi connectivity index (χ1n) is 5.77. The van der Waals surface area contributed by atoms with Gasteiger partial charge in [-0.25, -0.2) is 4.31 Å². The minimum absolute atomic E-state index is 0.207. The van der Waals surface area contributed by atoms with Crippen LogP contribution in [0.25, 0.3) is 0 Å². The number of allylic oxidation sites excluding steroid dienone is 1. The minimum Gasteiger partial charge on any atom is -0.760 e. The standard InChI is InChI=1S/C14H17NO2S/c1-2-3-7-12-15(18(16)17)13-8-11-14-9-5-4-6-10-14/h3-7,9-10H,2,12-13H2,1H3,(H,16,17)/p-1. The first-order valence-corrected chi connectivity index (χ1v) is 6.80. The van der Waals surface area contributed by atoms with E-state index in [1.54, 1.807) is 0 Å². The van der Waals surface area contributed by atoms with E-state index in [1.165, 1.54) is 4.31 Å². The van der Waals surface area contributed by atoms with Gasteiger partial charge in [-0.3, -0.25) is 4.21 Å². The van der Waals surface area contributed by atoms with Crippen molar-refractivity contribution in [1.82, 2.24) is 4.31 Å². The molecular weight excluding hydrogens is 246 g/mol. The fraction of sp³-hybridized carbons (Fsp3) is 0.286. The maximum Gasteiger partial charge on any atom is 0.0721 e. The summed E-state index contributed by atoms with van der Waals surface area (Å²) in [5, 5.41) is 0. The van der Waals surface area contributed by atoms with E-state index >= 15 is 0 Å². The summed E-state index contributed by atoms with van der Waals surface area (Å²) in [5.41, 5.74) is 0.887. The molecule has 0 N–H and O–H groups in total. The lowest BCUT2D eigenvalue weighted by Crippen LogP contribution is -2.26. The highest BCUT2D eigenvalue weighted by Gasteiger charge is 1.99. The lowest BCUT2D eigenvalue weighted by Gasteiger charge is -2.19. The van der Waals surface area contributed by atoms with Crippen LogP contribution in [0.2, 0.25) is 0 Å². The van der Waals surface area contributed by atoms with Gasteiger partial charge in [-0.1, -0.05) is 49.1 Å². The molecule has 1 unspecified atom stereocenters. The molecule has 18 heavy (non-hydrogen) atoms. The van der Waals surface area contributed by atoms with Crippen LogP contribution >= 0.6 is 0 Å². The highest BCUT2D eigenvalue weighted by molar-refractivity contribution is 7.76. The van der Waals surface area contributed by atoms with Crippen LogP contribution in [-0.4, -0.2) is 26.2 Å². The number of rotatable bonds is 5. The van der Waals surface area contributed by atoms with Crippen LogP contribution in [0.5, 0.6) is 0 Å². The van der Waals surface area contributed by atoms with Crippen LogP contribution in [0.4, 0.5) is 0 Å². The van der Waals surface area contributed by atoms with E-state index < -0.39 is 11.3 Å². The zero-order chi connectivity index (χ0) is 13.2. The Bertz CT molecular complexity index is 460. The van der Waals surface area contributed by atoms with Gasteiger partial charge in [0.25, 0.3) is 0 Å². The summed E-state index contributed by atoms with van der Waals surface area (Å²) in [6.07, 6.45) is 4.67. The van der Waals surface area contributed by atoms with Crippen molar-refractivity contribution in [3.05, 3.63) is 48.0 Å². The molecule has 0 fully saturated rings. The van der Waals surface area contributed by atoms with Crippen LogP contribution in [0, 0.1) is 11.8 Å². The van der Waals surface area contributed by atoms with Crippen molar-refractivity contribution in [2.75, 3.05) is 13.1 Å². The predicted molar refractivity (Wildman–Crippen MR) is 73.2 cm³/mol. The van der Waals surface area contributed by atoms with Crippen molar-refractivity contribution >= 4 is 11.3 Å². The summed E-state index contributed by atoms with van der Waals surface area (Å²) in [4.78, 5) is 0. The zero-order valence-electron chi connectivity index (χ0n) is 10.3. The van der Waals surface area contributed by atoms with Crippen molar-refractivity contribution < 1.29 is 8.76 Å². The molecule has 1 rings (SSSR count). The molecule has 0 aromatic heterocycles. The Labute approximate surface area is 111 Å². The Balaban J connectivity index is 2.55. The second-order valence-electron chi connectivity index (χ2n) is 3.59. The monoisotopic (exact) mass is 262 g/mol. The van der Waals surface area contributed by atoms with Crippen LogP contribution in [0.15, 0.2) is 42.5 Å². The average Bonchev–Trinajstić information content (AvgIpc) is 2.38. The molecule has 0 aliphatic rings. The maximum atomic E-state index is 11.0. The van der Waals surface area contributed by atoms with E-state index in [0.29, 0.717) is 6.54 Å². The lowest BCUT2D eigenvalue weighted by molar-refractivity contribution is 0.439. The Morgan fingerprint density at radius 3 is 2.67 bits per heavy atom. The van der Waals surface area contributed by atoms with Gasteiger partial charge in [0.05, 0.1) is 6.54 Å². The van der Waals surface area contributed by atoms with Gasteiger partial charge in [0.15, 0.2) is 0 Å². The van der Waals surface area contributed by atoms with Crippen LogP contribution in [0.3, 0.4) is 0 Å². The molecular formula is C14H16NO2S-. The van der Waals surface area contributed by atoms with Crippen molar-refractivity contribution in [2.45, 2.75) is 13.3 Å².